The number of anilines is 2. The first kappa shape index (κ1) is 14.3. The minimum Gasteiger partial charge on any atom is -0.396 e. The summed E-state index contributed by atoms with van der Waals surface area (Å²) in [4.78, 5) is 4.43. The van der Waals surface area contributed by atoms with Gasteiger partial charge in [-0.05, 0) is 37.1 Å². The lowest BCUT2D eigenvalue weighted by Crippen LogP contribution is -2.05. The predicted octanol–water partition coefficient (Wildman–Crippen LogP) is 2.31. The van der Waals surface area contributed by atoms with Crippen molar-refractivity contribution in [1.82, 2.24) is 15.2 Å². The van der Waals surface area contributed by atoms with E-state index in [4.69, 9.17) is 10.8 Å². The molecule has 6 heteroatoms. The molecule has 0 saturated carbocycles. The molecular weight excluding hydrogens is 278 g/mol. The number of nitrogen functional groups attached to an aromatic ring is 1. The normalized spacial score (nSPS) is 11.0. The number of aliphatic hydroxyl groups excluding tert-OH is 1. The number of rotatable bonds is 5. The number of nitrogens with zero attached hydrogens (tertiary/aromatic N) is 2. The second kappa shape index (κ2) is 6.03. The maximum absolute atomic E-state index is 8.91. The van der Waals surface area contributed by atoms with Crippen LogP contribution < -0.4 is 11.1 Å². The summed E-state index contributed by atoms with van der Waals surface area (Å²) < 4.78 is 0. The van der Waals surface area contributed by atoms with Crippen molar-refractivity contribution in [3.8, 4) is 11.3 Å². The average molecular weight is 297 g/mol. The molecule has 0 saturated heterocycles. The minimum atomic E-state index is 0.161. The first-order chi connectivity index (χ1) is 10.7. The third kappa shape index (κ3) is 2.73. The number of aromatic nitrogens is 3. The van der Waals surface area contributed by atoms with Crippen molar-refractivity contribution in [2.45, 2.75) is 13.3 Å². The van der Waals surface area contributed by atoms with Gasteiger partial charge in [0, 0.05) is 42.1 Å². The smallest absolute Gasteiger partial charge is 0.126 e. The summed E-state index contributed by atoms with van der Waals surface area (Å²) in [5, 5.41) is 20.2. The fraction of sp³-hybridized carbons (Fsp3) is 0.250. The monoisotopic (exact) mass is 297 g/mol. The summed E-state index contributed by atoms with van der Waals surface area (Å²) in [7, 11) is 0. The van der Waals surface area contributed by atoms with Crippen LogP contribution in [0.2, 0.25) is 0 Å². The molecule has 0 aliphatic rings. The molecule has 0 atom stereocenters. The molecule has 0 aliphatic heterocycles. The van der Waals surface area contributed by atoms with E-state index in [0.717, 1.165) is 33.4 Å². The van der Waals surface area contributed by atoms with Gasteiger partial charge in [0.25, 0.3) is 0 Å². The number of H-pyrrole nitrogens is 1. The first-order valence-corrected chi connectivity index (χ1v) is 7.24. The van der Waals surface area contributed by atoms with Crippen LogP contribution in [0.25, 0.3) is 22.2 Å². The number of pyridine rings is 1. The van der Waals surface area contributed by atoms with E-state index in [0.29, 0.717) is 18.8 Å². The quantitative estimate of drug-likeness (QED) is 0.542. The lowest BCUT2D eigenvalue weighted by molar-refractivity contribution is 0.292. The Morgan fingerprint density at radius 2 is 2.18 bits per heavy atom. The average Bonchev–Trinajstić information content (AvgIpc) is 3.01. The van der Waals surface area contributed by atoms with Gasteiger partial charge in [0.15, 0.2) is 0 Å². The molecule has 6 nitrogen and oxygen atoms in total. The van der Waals surface area contributed by atoms with E-state index in [1.165, 1.54) is 0 Å². The molecule has 2 heterocycles. The zero-order valence-corrected chi connectivity index (χ0v) is 12.4. The standard InChI is InChI=1S/C16H19N5O/c1-10-7-12-14(18-4-2-6-22)9-16(17)20-15(12)8-11(10)13-3-5-19-21-13/h3,5,7-9,22H,2,4,6H2,1H3,(H,19,21)(H3,17,18,20). The van der Waals surface area contributed by atoms with Gasteiger partial charge < -0.3 is 16.2 Å². The lowest BCUT2D eigenvalue weighted by atomic mass is 10.0. The molecule has 0 spiro atoms. The second-order valence-electron chi connectivity index (χ2n) is 5.25. The molecule has 22 heavy (non-hydrogen) atoms. The molecule has 3 rings (SSSR count). The van der Waals surface area contributed by atoms with Gasteiger partial charge in [-0.25, -0.2) is 4.98 Å². The van der Waals surface area contributed by atoms with Crippen LogP contribution in [-0.2, 0) is 0 Å². The van der Waals surface area contributed by atoms with E-state index in [-0.39, 0.29) is 6.61 Å². The molecule has 5 N–H and O–H groups in total. The highest BCUT2D eigenvalue weighted by atomic mass is 16.3. The fourth-order valence-corrected chi connectivity index (χ4v) is 2.55. The van der Waals surface area contributed by atoms with Crippen LogP contribution in [-0.4, -0.2) is 33.4 Å². The number of aryl methyl sites for hydroxylation is 1. The topological polar surface area (TPSA) is 99.8 Å². The van der Waals surface area contributed by atoms with E-state index in [2.05, 4.69) is 33.5 Å². The number of fused-ring (bicyclic) bond motifs is 1. The number of hydrogen-bond donors (Lipinski definition) is 4. The van der Waals surface area contributed by atoms with Crippen LogP contribution in [0.5, 0.6) is 0 Å². The Morgan fingerprint density at radius 1 is 1.32 bits per heavy atom. The van der Waals surface area contributed by atoms with Gasteiger partial charge in [0.1, 0.15) is 5.82 Å². The number of benzene rings is 1. The molecule has 0 fully saturated rings. The Balaban J connectivity index is 2.09. The Labute approximate surface area is 128 Å². The Bertz CT molecular complexity index is 783. The van der Waals surface area contributed by atoms with E-state index in [9.17, 15) is 0 Å². The molecule has 0 amide bonds. The van der Waals surface area contributed by atoms with Crippen LogP contribution in [0, 0.1) is 6.92 Å². The molecule has 2 aromatic heterocycles. The van der Waals surface area contributed by atoms with Crippen LogP contribution in [0.3, 0.4) is 0 Å². The first-order valence-electron chi connectivity index (χ1n) is 7.24. The van der Waals surface area contributed by atoms with Gasteiger partial charge in [-0.2, -0.15) is 5.10 Å². The van der Waals surface area contributed by atoms with Crippen molar-refractivity contribution >= 4 is 22.4 Å². The molecule has 0 aliphatic carbocycles. The summed E-state index contributed by atoms with van der Waals surface area (Å²) in [6.45, 7) is 2.91. The van der Waals surface area contributed by atoms with Gasteiger partial charge in [-0.15, -0.1) is 0 Å². The fourth-order valence-electron chi connectivity index (χ4n) is 2.55. The van der Waals surface area contributed by atoms with Gasteiger partial charge in [0.2, 0.25) is 0 Å². The lowest BCUT2D eigenvalue weighted by Gasteiger charge is -2.13. The molecule has 1 aromatic carbocycles. The number of hydrogen-bond acceptors (Lipinski definition) is 5. The molecular formula is C16H19N5O. The third-order valence-electron chi connectivity index (χ3n) is 3.62. The van der Waals surface area contributed by atoms with Gasteiger partial charge in [-0.1, -0.05) is 0 Å². The Kier molecular flexibility index (Phi) is 3.93. The molecule has 0 bridgehead atoms. The SMILES string of the molecule is Cc1cc2c(NCCCO)cc(N)nc2cc1-c1ccn[nH]1. The van der Waals surface area contributed by atoms with Crippen molar-refractivity contribution in [1.29, 1.82) is 0 Å². The van der Waals surface area contributed by atoms with Gasteiger partial charge >= 0.3 is 0 Å². The van der Waals surface area contributed by atoms with Crippen LogP contribution in [0.1, 0.15) is 12.0 Å². The summed E-state index contributed by atoms with van der Waals surface area (Å²) >= 11 is 0. The van der Waals surface area contributed by atoms with E-state index >= 15 is 0 Å². The molecule has 0 radical (unpaired) electrons. The highest BCUT2D eigenvalue weighted by molar-refractivity contribution is 5.96. The number of nitrogens with two attached hydrogens (primary N) is 1. The van der Waals surface area contributed by atoms with E-state index in [1.807, 2.05) is 18.2 Å². The predicted molar refractivity (Wildman–Crippen MR) is 88.7 cm³/mol. The molecule has 0 unspecified atom stereocenters. The van der Waals surface area contributed by atoms with Crippen molar-refractivity contribution in [2.75, 3.05) is 24.2 Å². The summed E-state index contributed by atoms with van der Waals surface area (Å²) in [6, 6.07) is 7.88. The summed E-state index contributed by atoms with van der Waals surface area (Å²) in [6.07, 6.45) is 2.42. The molecule has 3 aromatic rings. The van der Waals surface area contributed by atoms with E-state index < -0.39 is 0 Å². The molecule has 114 valence electrons. The van der Waals surface area contributed by atoms with Crippen molar-refractivity contribution in [2.24, 2.45) is 0 Å². The minimum absolute atomic E-state index is 0.161. The Hall–Kier alpha value is -2.60. The zero-order chi connectivity index (χ0) is 15.5. The van der Waals surface area contributed by atoms with Crippen molar-refractivity contribution in [3.05, 3.63) is 36.0 Å². The second-order valence-corrected chi connectivity index (χ2v) is 5.25. The maximum Gasteiger partial charge on any atom is 0.126 e. The van der Waals surface area contributed by atoms with Gasteiger partial charge in [-0.3, -0.25) is 5.10 Å². The maximum atomic E-state index is 8.91. The number of aromatic amines is 1. The van der Waals surface area contributed by atoms with Gasteiger partial charge in [0.05, 0.1) is 11.2 Å². The van der Waals surface area contributed by atoms with Crippen molar-refractivity contribution in [3.63, 3.8) is 0 Å². The van der Waals surface area contributed by atoms with Crippen LogP contribution in [0.15, 0.2) is 30.5 Å². The van der Waals surface area contributed by atoms with E-state index in [1.54, 1.807) is 6.20 Å². The van der Waals surface area contributed by atoms with Crippen molar-refractivity contribution < 1.29 is 5.11 Å². The highest BCUT2D eigenvalue weighted by Gasteiger charge is 2.10. The largest absolute Gasteiger partial charge is 0.396 e. The summed E-state index contributed by atoms with van der Waals surface area (Å²) in [5.74, 6) is 0.471. The zero-order valence-electron chi connectivity index (χ0n) is 12.4. The van der Waals surface area contributed by atoms with Crippen LogP contribution >= 0.6 is 0 Å². The number of aliphatic hydroxyl groups is 1. The van der Waals surface area contributed by atoms with Crippen LogP contribution in [0.4, 0.5) is 11.5 Å². The summed E-state index contributed by atoms with van der Waals surface area (Å²) in [5.41, 5.74) is 10.8. The third-order valence-corrected chi connectivity index (χ3v) is 3.62. The number of nitrogens with one attached hydrogen (secondary N) is 2. The highest BCUT2D eigenvalue weighted by Crippen LogP contribution is 2.31. The Morgan fingerprint density at radius 3 is 2.91 bits per heavy atom.